The third-order valence-corrected chi connectivity index (χ3v) is 7.55. The molecule has 0 aliphatic carbocycles. The van der Waals surface area contributed by atoms with Crippen LogP contribution < -0.4 is 4.31 Å². The van der Waals surface area contributed by atoms with Crippen molar-refractivity contribution in [3.05, 3.63) is 60.0 Å². The maximum Gasteiger partial charge on any atom is 0.314 e. The van der Waals surface area contributed by atoms with Crippen molar-refractivity contribution in [2.45, 2.75) is 13.0 Å². The molecule has 0 atom stereocenters. The van der Waals surface area contributed by atoms with E-state index in [1.165, 1.54) is 45.1 Å². The number of hydrogen-bond acceptors (Lipinski definition) is 7. The van der Waals surface area contributed by atoms with Crippen molar-refractivity contribution in [1.82, 2.24) is 19.5 Å². The summed E-state index contributed by atoms with van der Waals surface area (Å²) in [6.07, 6.45) is -1.54. The molecule has 1 fully saturated rings. The van der Waals surface area contributed by atoms with E-state index < -0.39 is 28.3 Å². The molecule has 13 heteroatoms. The third kappa shape index (κ3) is 4.89. The first-order valence-electron chi connectivity index (χ1n) is 9.52. The van der Waals surface area contributed by atoms with Gasteiger partial charge >= 0.3 is 16.6 Å². The van der Waals surface area contributed by atoms with Gasteiger partial charge in [-0.2, -0.15) is 33.3 Å². The van der Waals surface area contributed by atoms with E-state index in [1.54, 1.807) is 17.8 Å². The van der Waals surface area contributed by atoms with E-state index >= 15 is 0 Å². The Hall–Kier alpha value is -2.64. The molecule has 3 heterocycles. The quantitative estimate of drug-likeness (QED) is 0.506. The van der Waals surface area contributed by atoms with Gasteiger partial charge in [-0.25, -0.2) is 4.39 Å². The summed E-state index contributed by atoms with van der Waals surface area (Å²) in [6.45, 7) is 0.644. The second-order valence-corrected chi connectivity index (χ2v) is 9.86. The number of halogens is 3. The number of aromatic nitrogens is 3. The molecule has 2 aromatic heterocycles. The van der Waals surface area contributed by atoms with Gasteiger partial charge in [0.2, 0.25) is 5.89 Å². The molecule has 1 aliphatic heterocycles. The Labute approximate surface area is 186 Å². The number of hydrogen-bond donors (Lipinski definition) is 0. The van der Waals surface area contributed by atoms with Crippen LogP contribution >= 0.6 is 11.8 Å². The van der Waals surface area contributed by atoms with E-state index in [2.05, 4.69) is 15.2 Å². The van der Waals surface area contributed by atoms with Gasteiger partial charge in [0.25, 0.3) is 5.89 Å². The largest absolute Gasteiger partial charge is 0.415 e. The number of alkyl halides is 2. The van der Waals surface area contributed by atoms with E-state index in [0.717, 1.165) is 0 Å². The zero-order chi connectivity index (χ0) is 22.7. The van der Waals surface area contributed by atoms with Gasteiger partial charge in [0.15, 0.2) is 0 Å². The van der Waals surface area contributed by atoms with Crippen LogP contribution in [0.4, 0.5) is 18.9 Å². The van der Waals surface area contributed by atoms with Crippen LogP contribution in [0.1, 0.15) is 18.0 Å². The van der Waals surface area contributed by atoms with Gasteiger partial charge in [-0.3, -0.25) is 9.29 Å². The Kier molecular flexibility index (Phi) is 6.67. The average molecular weight is 486 g/mol. The van der Waals surface area contributed by atoms with Crippen LogP contribution in [0.2, 0.25) is 0 Å². The number of pyridine rings is 1. The van der Waals surface area contributed by atoms with Gasteiger partial charge in [0.1, 0.15) is 5.82 Å². The van der Waals surface area contributed by atoms with Crippen LogP contribution in [0.3, 0.4) is 0 Å². The summed E-state index contributed by atoms with van der Waals surface area (Å²) in [5, 5.41) is 6.84. The lowest BCUT2D eigenvalue weighted by atomic mass is 10.2. The summed E-state index contributed by atoms with van der Waals surface area (Å²) >= 11 is 1.68. The SMILES string of the molecule is O=S(=O)(N1CCSCC1)N(Cc1ccc(-c2nnc(C(F)F)o2)cn1)c1ccc(F)cc1. The minimum atomic E-state index is -3.89. The number of nitrogens with zero attached hydrogens (tertiary/aromatic N) is 5. The van der Waals surface area contributed by atoms with Crippen molar-refractivity contribution in [3.8, 4) is 11.5 Å². The van der Waals surface area contributed by atoms with Crippen molar-refractivity contribution in [1.29, 1.82) is 0 Å². The van der Waals surface area contributed by atoms with Crippen molar-refractivity contribution >= 4 is 27.7 Å². The summed E-state index contributed by atoms with van der Waals surface area (Å²) in [5.74, 6) is -0.0150. The average Bonchev–Trinajstić information content (AvgIpc) is 3.30. The Morgan fingerprint density at radius 3 is 2.41 bits per heavy atom. The molecule has 0 bridgehead atoms. The zero-order valence-corrected chi connectivity index (χ0v) is 18.2. The van der Waals surface area contributed by atoms with Gasteiger partial charge < -0.3 is 4.42 Å². The number of thioether (sulfide) groups is 1. The molecule has 8 nitrogen and oxygen atoms in total. The van der Waals surface area contributed by atoms with Gasteiger partial charge in [-0.1, -0.05) is 0 Å². The van der Waals surface area contributed by atoms with Crippen LogP contribution in [-0.4, -0.2) is 52.5 Å². The van der Waals surface area contributed by atoms with E-state index in [4.69, 9.17) is 4.42 Å². The summed E-state index contributed by atoms with van der Waals surface area (Å²) in [4.78, 5) is 4.23. The second kappa shape index (κ2) is 9.46. The first-order chi connectivity index (χ1) is 15.3. The lowest BCUT2D eigenvalue weighted by Gasteiger charge is -2.33. The highest BCUT2D eigenvalue weighted by molar-refractivity contribution is 7.99. The number of benzene rings is 1. The van der Waals surface area contributed by atoms with Gasteiger partial charge in [-0.15, -0.1) is 10.2 Å². The Balaban J connectivity index is 1.61. The lowest BCUT2D eigenvalue weighted by molar-refractivity contribution is 0.116. The normalized spacial score (nSPS) is 15.2. The van der Waals surface area contributed by atoms with Crippen molar-refractivity contribution in [3.63, 3.8) is 0 Å². The molecule has 1 saturated heterocycles. The highest BCUT2D eigenvalue weighted by atomic mass is 32.2. The molecule has 0 N–H and O–H groups in total. The minimum Gasteiger partial charge on any atom is -0.415 e. The predicted octanol–water partition coefficient (Wildman–Crippen LogP) is 3.51. The molecule has 1 aliphatic rings. The number of rotatable bonds is 7. The Morgan fingerprint density at radius 1 is 1.09 bits per heavy atom. The molecular weight excluding hydrogens is 467 g/mol. The van der Waals surface area contributed by atoms with Gasteiger partial charge in [0, 0.05) is 30.8 Å². The zero-order valence-electron chi connectivity index (χ0n) is 16.6. The maximum atomic E-state index is 13.4. The van der Waals surface area contributed by atoms with Gasteiger partial charge in [0.05, 0.1) is 23.5 Å². The first kappa shape index (κ1) is 22.6. The molecule has 1 aromatic carbocycles. The fourth-order valence-corrected chi connectivity index (χ4v) is 5.80. The maximum absolute atomic E-state index is 13.4. The van der Waals surface area contributed by atoms with Crippen LogP contribution in [0.25, 0.3) is 11.5 Å². The summed E-state index contributed by atoms with van der Waals surface area (Å²) in [7, 11) is -3.89. The van der Waals surface area contributed by atoms with Crippen LogP contribution in [0.5, 0.6) is 0 Å². The molecular formula is C19H18F3N5O3S2. The monoisotopic (exact) mass is 485 g/mol. The smallest absolute Gasteiger partial charge is 0.314 e. The van der Waals surface area contributed by atoms with Crippen LogP contribution in [-0.2, 0) is 16.8 Å². The molecule has 170 valence electrons. The van der Waals surface area contributed by atoms with E-state index in [9.17, 15) is 21.6 Å². The Morgan fingerprint density at radius 2 is 1.81 bits per heavy atom. The van der Waals surface area contributed by atoms with Crippen molar-refractivity contribution in [2.24, 2.45) is 0 Å². The molecule has 0 saturated carbocycles. The molecule has 0 amide bonds. The minimum absolute atomic E-state index is 0.107. The Bertz CT molecular complexity index is 1150. The highest BCUT2D eigenvalue weighted by Gasteiger charge is 2.31. The van der Waals surface area contributed by atoms with Crippen molar-refractivity contribution < 1.29 is 26.0 Å². The van der Waals surface area contributed by atoms with Gasteiger partial charge in [-0.05, 0) is 36.4 Å². The summed E-state index contributed by atoms with van der Waals surface area (Å²) in [5.41, 5.74) is 1.01. The number of anilines is 1. The highest BCUT2D eigenvalue weighted by Crippen LogP contribution is 2.26. The molecule has 3 aromatic rings. The van der Waals surface area contributed by atoms with E-state index in [1.807, 2.05) is 0 Å². The standard InChI is InChI=1S/C19H18F3N5O3S2/c20-14-2-5-16(6-3-14)27(32(28,29)26-7-9-31-10-8-26)12-15-4-1-13(11-23-15)18-24-25-19(30-18)17(21)22/h1-6,11,17H,7-10,12H2. The molecule has 0 spiro atoms. The summed E-state index contributed by atoms with van der Waals surface area (Å²) in [6, 6.07) is 8.24. The van der Waals surface area contributed by atoms with E-state index in [0.29, 0.717) is 41.5 Å². The van der Waals surface area contributed by atoms with Crippen molar-refractivity contribution in [2.75, 3.05) is 28.9 Å². The predicted molar refractivity (Wildman–Crippen MR) is 113 cm³/mol. The van der Waals surface area contributed by atoms with E-state index in [-0.39, 0.29) is 12.4 Å². The lowest BCUT2D eigenvalue weighted by Crippen LogP contribution is -2.47. The van der Waals surface area contributed by atoms with Crippen LogP contribution in [0.15, 0.2) is 47.0 Å². The fourth-order valence-electron chi connectivity index (χ4n) is 3.06. The third-order valence-electron chi connectivity index (χ3n) is 4.69. The van der Waals surface area contributed by atoms with Crippen LogP contribution in [0, 0.1) is 5.82 Å². The summed E-state index contributed by atoms with van der Waals surface area (Å²) < 4.78 is 72.9. The molecule has 32 heavy (non-hydrogen) atoms. The molecule has 0 unspecified atom stereocenters. The first-order valence-corrected chi connectivity index (χ1v) is 12.1. The fraction of sp³-hybridized carbons (Fsp3) is 0.316. The topological polar surface area (TPSA) is 92.4 Å². The molecule has 0 radical (unpaired) electrons. The second-order valence-electron chi connectivity index (χ2n) is 6.79. The molecule has 4 rings (SSSR count).